The van der Waals surface area contributed by atoms with Crippen molar-refractivity contribution in [3.63, 3.8) is 0 Å². The van der Waals surface area contributed by atoms with Crippen LogP contribution >= 0.6 is 34.8 Å². The number of ether oxygens (including phenoxy) is 4. The number of aryl methyl sites for hydroxylation is 2. The molecule has 0 amide bonds. The molecule has 0 radical (unpaired) electrons. The average Bonchev–Trinajstić information content (AvgIpc) is 4.01. The van der Waals surface area contributed by atoms with Crippen LogP contribution in [0.4, 0.5) is 28.6 Å². The van der Waals surface area contributed by atoms with Crippen molar-refractivity contribution >= 4 is 86.6 Å². The number of benzene rings is 2. The van der Waals surface area contributed by atoms with Gasteiger partial charge in [0.2, 0.25) is 0 Å². The number of anilines is 5. The van der Waals surface area contributed by atoms with Crippen LogP contribution in [0.1, 0.15) is 59.8 Å². The number of imidazole rings is 2. The van der Waals surface area contributed by atoms with Crippen LogP contribution < -0.4 is 41.4 Å². The molecule has 8 aromatic rings. The Morgan fingerprint density at radius 3 is 1.56 bits per heavy atom. The fourth-order valence-electron chi connectivity index (χ4n) is 7.28. The molecule has 0 bridgehead atoms. The van der Waals surface area contributed by atoms with E-state index in [9.17, 15) is 19.2 Å². The van der Waals surface area contributed by atoms with E-state index in [-0.39, 0.29) is 52.2 Å². The van der Waals surface area contributed by atoms with E-state index in [1.807, 2.05) is 86.3 Å². The molecule has 6 heterocycles. The second kappa shape index (κ2) is 25.0. The Morgan fingerprint density at radius 1 is 0.644 bits per heavy atom. The second-order valence-electron chi connectivity index (χ2n) is 15.9. The van der Waals surface area contributed by atoms with Gasteiger partial charge >= 0.3 is 11.9 Å². The number of rotatable bonds is 16. The van der Waals surface area contributed by atoms with E-state index in [4.69, 9.17) is 59.5 Å². The molecule has 0 spiro atoms. The molecule has 73 heavy (non-hydrogen) atoms. The SMILES string of the molecule is CCOC(=O)c1cnc2c(N(C)Cc3ccc(OC)cc3)cc(Cl)nn12.CCOC(=O)c1cnc2c(N(C)Cc3ccc(OC)cc3)cc(Nc3cc(Cl)cn(CC)c3=O)nn12.CCn1cc(Cl)cc(N)c1=O. The van der Waals surface area contributed by atoms with Crippen LogP contribution in [0, 0.1) is 0 Å². The molecule has 0 saturated heterocycles. The molecular formula is C50H55Cl3N12O8. The monoisotopic (exact) mass is 1060 g/mol. The Hall–Kier alpha value is -7.81. The predicted molar refractivity (Wildman–Crippen MR) is 284 cm³/mol. The molecule has 0 atom stereocenters. The third-order valence-corrected chi connectivity index (χ3v) is 11.5. The molecule has 8 rings (SSSR count). The van der Waals surface area contributed by atoms with Gasteiger partial charge in [0.15, 0.2) is 33.7 Å². The van der Waals surface area contributed by atoms with Gasteiger partial charge in [-0.1, -0.05) is 59.1 Å². The largest absolute Gasteiger partial charge is 0.497 e. The Balaban J connectivity index is 0.000000204. The van der Waals surface area contributed by atoms with Gasteiger partial charge in [-0.05, 0) is 75.2 Å². The van der Waals surface area contributed by atoms with E-state index >= 15 is 0 Å². The lowest BCUT2D eigenvalue weighted by atomic mass is 10.2. The van der Waals surface area contributed by atoms with Crippen molar-refractivity contribution in [2.75, 3.05) is 62.4 Å². The minimum atomic E-state index is -0.547. The van der Waals surface area contributed by atoms with Crippen molar-refractivity contribution in [3.05, 3.63) is 156 Å². The maximum Gasteiger partial charge on any atom is 0.358 e. The van der Waals surface area contributed by atoms with Crippen molar-refractivity contribution < 1.29 is 28.5 Å². The van der Waals surface area contributed by atoms with Gasteiger partial charge in [-0.3, -0.25) is 9.59 Å². The van der Waals surface area contributed by atoms with Crippen molar-refractivity contribution in [2.45, 2.75) is 53.9 Å². The fraction of sp³-hybridized carbons (Fsp3) is 0.280. The highest BCUT2D eigenvalue weighted by Crippen LogP contribution is 2.29. The van der Waals surface area contributed by atoms with Gasteiger partial charge in [-0.15, -0.1) is 5.10 Å². The zero-order valence-corrected chi connectivity index (χ0v) is 43.7. The number of fused-ring (bicyclic) bond motifs is 2. The number of halogens is 3. The number of nitrogens with zero attached hydrogens (tertiary/aromatic N) is 10. The molecule has 0 aliphatic rings. The first-order valence-corrected chi connectivity index (χ1v) is 23.9. The lowest BCUT2D eigenvalue weighted by Gasteiger charge is -2.21. The summed E-state index contributed by atoms with van der Waals surface area (Å²) in [5.41, 5.74) is 10.4. The van der Waals surface area contributed by atoms with Crippen molar-refractivity contribution in [3.8, 4) is 11.5 Å². The Kier molecular flexibility index (Phi) is 18.7. The molecular weight excluding hydrogens is 1000 g/mol. The standard InChI is InChI=1S/C25H27ClN6O4.C18H19ClN4O3.C7H9ClN2O/c1-5-31-15-17(26)11-19(24(31)33)28-22-12-20(30(3)14-16-7-9-18(35-4)10-8-16)23-27-13-21(32(23)29-22)25(34)36-6-2;1-4-26-18(24)15-10-20-17-14(9-16(19)21-23(15)17)22(2)11-12-5-7-13(25-3)8-6-12;1-2-10-4-5(8)3-6(9)7(10)11/h7-13,15H,5-6,14H2,1-4H3,(H,28,29);5-10H,4,11H2,1-3H3;3-4H,2,9H2,1H3. The lowest BCUT2D eigenvalue weighted by Crippen LogP contribution is -2.22. The van der Waals surface area contributed by atoms with E-state index in [2.05, 4.69) is 25.5 Å². The number of nitrogens with one attached hydrogen (secondary N) is 1. The number of methoxy groups -OCH3 is 2. The summed E-state index contributed by atoms with van der Waals surface area (Å²) in [6.45, 7) is 9.90. The zero-order chi connectivity index (χ0) is 52.9. The number of carbonyl (C=O) groups is 2. The van der Waals surface area contributed by atoms with Gasteiger partial charge in [0.25, 0.3) is 11.1 Å². The maximum absolute atomic E-state index is 12.8. The molecule has 2 aromatic carbocycles. The van der Waals surface area contributed by atoms with Gasteiger partial charge < -0.3 is 48.9 Å². The molecule has 0 aliphatic carbocycles. The number of carbonyl (C=O) groups excluding carboxylic acids is 2. The van der Waals surface area contributed by atoms with Gasteiger partial charge in [-0.2, -0.15) is 5.10 Å². The molecule has 384 valence electrons. The van der Waals surface area contributed by atoms with Crippen molar-refractivity contribution in [2.24, 2.45) is 0 Å². The van der Waals surface area contributed by atoms with Gasteiger partial charge in [-0.25, -0.2) is 28.6 Å². The number of hydrogen-bond acceptors (Lipinski definition) is 16. The molecule has 23 heteroatoms. The van der Waals surface area contributed by atoms with Crippen LogP contribution in [0.15, 0.2) is 107 Å². The van der Waals surface area contributed by atoms with Crippen LogP contribution in [0.2, 0.25) is 15.2 Å². The summed E-state index contributed by atoms with van der Waals surface area (Å²) in [4.78, 5) is 61.4. The third-order valence-electron chi connectivity index (χ3n) is 10.9. The van der Waals surface area contributed by atoms with E-state index in [1.165, 1.54) is 36.6 Å². The van der Waals surface area contributed by atoms with Gasteiger partial charge in [0.1, 0.15) is 17.2 Å². The first-order chi connectivity index (χ1) is 35.0. The maximum atomic E-state index is 12.8. The topological polar surface area (TPSA) is 220 Å². The van der Waals surface area contributed by atoms with Crippen LogP contribution in [0.25, 0.3) is 11.3 Å². The number of hydrogen-bond donors (Lipinski definition) is 2. The molecule has 0 aliphatic heterocycles. The van der Waals surface area contributed by atoms with Crippen molar-refractivity contribution in [1.82, 2.24) is 38.3 Å². The quantitative estimate of drug-likeness (QED) is 0.0867. The Morgan fingerprint density at radius 2 is 1.10 bits per heavy atom. The van der Waals surface area contributed by atoms with Gasteiger partial charge in [0.05, 0.1) is 66.9 Å². The molecule has 0 saturated carbocycles. The first-order valence-electron chi connectivity index (χ1n) is 22.8. The number of pyridine rings is 2. The lowest BCUT2D eigenvalue weighted by molar-refractivity contribution is 0.0507. The second-order valence-corrected chi connectivity index (χ2v) is 17.1. The minimum absolute atomic E-state index is 0.173. The van der Waals surface area contributed by atoms with E-state index in [0.717, 1.165) is 28.3 Å². The highest BCUT2D eigenvalue weighted by atomic mass is 35.5. The fourth-order valence-corrected chi connectivity index (χ4v) is 7.93. The Labute approximate surface area is 435 Å². The highest BCUT2D eigenvalue weighted by Gasteiger charge is 2.22. The van der Waals surface area contributed by atoms with Crippen LogP contribution in [0.3, 0.4) is 0 Å². The first kappa shape index (κ1) is 54.5. The molecule has 20 nitrogen and oxygen atoms in total. The van der Waals surface area contributed by atoms with E-state index in [0.29, 0.717) is 59.0 Å². The normalized spacial score (nSPS) is 10.7. The summed E-state index contributed by atoms with van der Waals surface area (Å²) < 4.78 is 26.5. The van der Waals surface area contributed by atoms with E-state index < -0.39 is 11.9 Å². The summed E-state index contributed by atoms with van der Waals surface area (Å²) in [5.74, 6) is 0.876. The van der Waals surface area contributed by atoms with Crippen LogP contribution in [-0.2, 0) is 35.7 Å². The summed E-state index contributed by atoms with van der Waals surface area (Å²) in [6, 6.07) is 22.0. The third kappa shape index (κ3) is 13.4. The van der Waals surface area contributed by atoms with Crippen molar-refractivity contribution in [1.29, 1.82) is 0 Å². The summed E-state index contributed by atoms with van der Waals surface area (Å²) in [5, 5.41) is 13.0. The molecule has 0 unspecified atom stereocenters. The number of nitrogen functional groups attached to an aromatic ring is 1. The summed E-state index contributed by atoms with van der Waals surface area (Å²) in [6.07, 6.45) is 6.02. The Bertz CT molecular complexity index is 3320. The zero-order valence-electron chi connectivity index (χ0n) is 41.4. The van der Waals surface area contributed by atoms with Gasteiger partial charge in [0, 0.05) is 64.8 Å². The highest BCUT2D eigenvalue weighted by molar-refractivity contribution is 6.31. The summed E-state index contributed by atoms with van der Waals surface area (Å²) in [7, 11) is 7.09. The number of esters is 2. The summed E-state index contributed by atoms with van der Waals surface area (Å²) >= 11 is 18.1. The minimum Gasteiger partial charge on any atom is -0.497 e. The average molecular weight is 1060 g/mol. The van der Waals surface area contributed by atoms with Crippen LogP contribution in [0.5, 0.6) is 11.5 Å². The number of nitrogens with two attached hydrogens (primary N) is 1. The molecule has 3 N–H and O–H groups in total. The molecule has 0 fully saturated rings. The smallest absolute Gasteiger partial charge is 0.358 e. The predicted octanol–water partition coefficient (Wildman–Crippen LogP) is 8.44. The number of aromatic nitrogens is 8. The van der Waals surface area contributed by atoms with Crippen LogP contribution in [-0.4, -0.2) is 91.8 Å². The molecule has 6 aromatic heterocycles. The van der Waals surface area contributed by atoms with E-state index in [1.54, 1.807) is 58.7 Å².